The minimum Gasteiger partial charge on any atom is -0.493 e. The van der Waals surface area contributed by atoms with Crippen LogP contribution in [0, 0.1) is 25.7 Å². The highest BCUT2D eigenvalue weighted by atomic mass is 16.5. The largest absolute Gasteiger partial charge is 0.493 e. The van der Waals surface area contributed by atoms with Crippen molar-refractivity contribution in [1.29, 1.82) is 0 Å². The molecule has 114 valence electrons. The predicted molar refractivity (Wildman–Crippen MR) is 82.2 cm³/mol. The average molecular weight is 280 g/mol. The Morgan fingerprint density at radius 2 is 1.75 bits per heavy atom. The standard InChI is InChI=1S/C17H28O3/c1-12(2)11-20-17-14(4)7-13(3)8-16(17)6-5-15(9-18)10-19/h7-8,12,15,18-19H,5-6,9-11H2,1-4H3. The molecule has 3 heteroatoms. The van der Waals surface area contributed by atoms with E-state index in [0.29, 0.717) is 12.5 Å². The fourth-order valence-corrected chi connectivity index (χ4v) is 2.28. The van der Waals surface area contributed by atoms with Crippen LogP contribution in [-0.2, 0) is 6.42 Å². The summed E-state index contributed by atoms with van der Waals surface area (Å²) in [6.07, 6.45) is 1.59. The van der Waals surface area contributed by atoms with Gasteiger partial charge in [0.25, 0.3) is 0 Å². The first-order valence-electron chi connectivity index (χ1n) is 7.42. The molecular weight excluding hydrogens is 252 g/mol. The molecule has 0 heterocycles. The van der Waals surface area contributed by atoms with E-state index in [-0.39, 0.29) is 19.1 Å². The normalized spacial score (nSPS) is 11.4. The number of hydrogen-bond acceptors (Lipinski definition) is 3. The molecule has 20 heavy (non-hydrogen) atoms. The van der Waals surface area contributed by atoms with Crippen LogP contribution in [0.4, 0.5) is 0 Å². The van der Waals surface area contributed by atoms with Crippen LogP contribution in [0.25, 0.3) is 0 Å². The van der Waals surface area contributed by atoms with Crippen molar-refractivity contribution in [2.45, 2.75) is 40.5 Å². The lowest BCUT2D eigenvalue weighted by Gasteiger charge is -2.18. The molecule has 0 saturated carbocycles. The first-order chi connectivity index (χ1) is 9.47. The lowest BCUT2D eigenvalue weighted by atomic mass is 9.97. The second-order valence-electron chi connectivity index (χ2n) is 6.04. The van der Waals surface area contributed by atoms with Gasteiger partial charge in [-0.15, -0.1) is 0 Å². The molecule has 0 fully saturated rings. The molecule has 0 aliphatic carbocycles. The zero-order chi connectivity index (χ0) is 15.1. The summed E-state index contributed by atoms with van der Waals surface area (Å²) in [7, 11) is 0. The summed E-state index contributed by atoms with van der Waals surface area (Å²) >= 11 is 0. The van der Waals surface area contributed by atoms with Gasteiger partial charge in [0, 0.05) is 19.1 Å². The van der Waals surface area contributed by atoms with Crippen molar-refractivity contribution in [3.05, 3.63) is 28.8 Å². The molecule has 1 aromatic carbocycles. The molecule has 0 atom stereocenters. The highest BCUT2D eigenvalue weighted by Crippen LogP contribution is 2.28. The van der Waals surface area contributed by atoms with Gasteiger partial charge in [0.15, 0.2) is 0 Å². The van der Waals surface area contributed by atoms with Crippen LogP contribution in [0.2, 0.25) is 0 Å². The van der Waals surface area contributed by atoms with Crippen LogP contribution in [0.15, 0.2) is 12.1 Å². The molecule has 1 rings (SSSR count). The van der Waals surface area contributed by atoms with E-state index in [1.165, 1.54) is 11.1 Å². The maximum absolute atomic E-state index is 9.17. The van der Waals surface area contributed by atoms with Gasteiger partial charge in [0.2, 0.25) is 0 Å². The molecule has 0 bridgehead atoms. The van der Waals surface area contributed by atoms with Gasteiger partial charge in [0.05, 0.1) is 6.61 Å². The van der Waals surface area contributed by atoms with Crippen molar-refractivity contribution in [3.8, 4) is 5.75 Å². The second kappa shape index (κ2) is 8.28. The summed E-state index contributed by atoms with van der Waals surface area (Å²) in [4.78, 5) is 0. The Balaban J connectivity index is 2.85. The molecule has 0 saturated heterocycles. The third-order valence-corrected chi connectivity index (χ3v) is 3.40. The fraction of sp³-hybridized carbons (Fsp3) is 0.647. The third-order valence-electron chi connectivity index (χ3n) is 3.40. The summed E-state index contributed by atoms with van der Waals surface area (Å²) in [5.74, 6) is 1.42. The Hall–Kier alpha value is -1.06. The topological polar surface area (TPSA) is 49.7 Å². The van der Waals surface area contributed by atoms with Crippen molar-refractivity contribution in [2.75, 3.05) is 19.8 Å². The van der Waals surface area contributed by atoms with E-state index in [2.05, 4.69) is 39.8 Å². The Morgan fingerprint density at radius 3 is 2.30 bits per heavy atom. The summed E-state index contributed by atoms with van der Waals surface area (Å²) in [6, 6.07) is 4.28. The predicted octanol–water partition coefficient (Wildman–Crippen LogP) is 2.87. The van der Waals surface area contributed by atoms with Crippen molar-refractivity contribution < 1.29 is 14.9 Å². The molecule has 0 aromatic heterocycles. The Bertz CT molecular complexity index is 409. The lowest BCUT2D eigenvalue weighted by Crippen LogP contribution is -2.13. The molecule has 3 nitrogen and oxygen atoms in total. The number of hydrogen-bond donors (Lipinski definition) is 2. The average Bonchev–Trinajstić information content (AvgIpc) is 2.38. The number of aliphatic hydroxyl groups excluding tert-OH is 2. The molecule has 0 amide bonds. The maximum atomic E-state index is 9.17. The van der Waals surface area contributed by atoms with E-state index < -0.39 is 0 Å². The Labute approximate surface area is 122 Å². The molecule has 0 radical (unpaired) electrons. The molecule has 0 unspecified atom stereocenters. The van der Waals surface area contributed by atoms with Crippen molar-refractivity contribution >= 4 is 0 Å². The van der Waals surface area contributed by atoms with Gasteiger partial charge >= 0.3 is 0 Å². The van der Waals surface area contributed by atoms with E-state index in [1.807, 2.05) is 0 Å². The van der Waals surface area contributed by atoms with Crippen LogP contribution in [0.5, 0.6) is 5.75 Å². The van der Waals surface area contributed by atoms with Crippen LogP contribution in [0.3, 0.4) is 0 Å². The van der Waals surface area contributed by atoms with Gasteiger partial charge in [-0.05, 0) is 43.7 Å². The SMILES string of the molecule is Cc1cc(C)c(OCC(C)C)c(CCC(CO)CO)c1. The van der Waals surface area contributed by atoms with Gasteiger partial charge in [-0.1, -0.05) is 31.5 Å². The molecule has 0 aliphatic rings. The summed E-state index contributed by atoms with van der Waals surface area (Å²) in [5.41, 5.74) is 3.55. The van der Waals surface area contributed by atoms with E-state index in [1.54, 1.807) is 0 Å². The number of aliphatic hydroxyl groups is 2. The zero-order valence-electron chi connectivity index (χ0n) is 13.1. The molecule has 2 N–H and O–H groups in total. The summed E-state index contributed by atoms with van der Waals surface area (Å²) < 4.78 is 5.96. The summed E-state index contributed by atoms with van der Waals surface area (Å²) in [5, 5.41) is 18.3. The second-order valence-corrected chi connectivity index (χ2v) is 6.04. The van der Waals surface area contributed by atoms with Gasteiger partial charge in [-0.2, -0.15) is 0 Å². The minimum atomic E-state index is -0.0474. The number of aryl methyl sites for hydroxylation is 3. The van der Waals surface area contributed by atoms with Crippen LogP contribution >= 0.6 is 0 Å². The van der Waals surface area contributed by atoms with Gasteiger partial charge in [0.1, 0.15) is 5.75 Å². The van der Waals surface area contributed by atoms with Crippen molar-refractivity contribution in [2.24, 2.45) is 11.8 Å². The Kier molecular flexibility index (Phi) is 7.03. The van der Waals surface area contributed by atoms with Crippen molar-refractivity contribution in [3.63, 3.8) is 0 Å². The number of ether oxygens (including phenoxy) is 1. The number of benzene rings is 1. The van der Waals surface area contributed by atoms with E-state index in [4.69, 9.17) is 14.9 Å². The smallest absolute Gasteiger partial charge is 0.125 e. The van der Waals surface area contributed by atoms with Crippen LogP contribution < -0.4 is 4.74 Å². The quantitative estimate of drug-likeness (QED) is 0.770. The fourth-order valence-electron chi connectivity index (χ4n) is 2.28. The monoisotopic (exact) mass is 280 g/mol. The minimum absolute atomic E-state index is 0.0312. The first-order valence-corrected chi connectivity index (χ1v) is 7.42. The highest BCUT2D eigenvalue weighted by Gasteiger charge is 2.12. The number of rotatable bonds is 8. The van der Waals surface area contributed by atoms with Crippen LogP contribution in [-0.4, -0.2) is 30.0 Å². The maximum Gasteiger partial charge on any atom is 0.125 e. The van der Waals surface area contributed by atoms with E-state index in [0.717, 1.165) is 24.2 Å². The molecular formula is C17H28O3. The van der Waals surface area contributed by atoms with Gasteiger partial charge in [-0.25, -0.2) is 0 Å². The van der Waals surface area contributed by atoms with Gasteiger partial charge in [-0.3, -0.25) is 0 Å². The van der Waals surface area contributed by atoms with E-state index >= 15 is 0 Å². The molecule has 1 aromatic rings. The third kappa shape index (κ3) is 5.14. The first kappa shape index (κ1) is 17.0. The lowest BCUT2D eigenvalue weighted by molar-refractivity contribution is 0.144. The summed E-state index contributed by atoms with van der Waals surface area (Å²) in [6.45, 7) is 9.20. The van der Waals surface area contributed by atoms with Gasteiger partial charge < -0.3 is 14.9 Å². The highest BCUT2D eigenvalue weighted by molar-refractivity contribution is 5.44. The Morgan fingerprint density at radius 1 is 1.10 bits per heavy atom. The van der Waals surface area contributed by atoms with Crippen molar-refractivity contribution in [1.82, 2.24) is 0 Å². The van der Waals surface area contributed by atoms with E-state index in [9.17, 15) is 0 Å². The molecule has 0 spiro atoms. The van der Waals surface area contributed by atoms with Crippen LogP contribution in [0.1, 0.15) is 37.0 Å². The molecule has 0 aliphatic heterocycles. The zero-order valence-corrected chi connectivity index (χ0v) is 13.1.